The Morgan fingerprint density at radius 1 is 1.26 bits per heavy atom. The van der Waals surface area contributed by atoms with Crippen LogP contribution in [-0.4, -0.2) is 42.7 Å². The zero-order valence-electron chi connectivity index (χ0n) is 12.0. The van der Waals surface area contributed by atoms with E-state index < -0.39 is 12.6 Å². The highest BCUT2D eigenvalue weighted by atomic mass is 19.4. The zero-order chi connectivity index (χ0) is 14.9. The van der Waals surface area contributed by atoms with Crippen molar-refractivity contribution in [3.8, 4) is 0 Å². The van der Waals surface area contributed by atoms with Gasteiger partial charge in [0.1, 0.15) is 0 Å². The Morgan fingerprint density at radius 2 is 1.84 bits per heavy atom. The van der Waals surface area contributed by atoms with Crippen molar-refractivity contribution in [2.75, 3.05) is 19.6 Å². The molecule has 0 heterocycles. The van der Waals surface area contributed by atoms with Gasteiger partial charge in [0.05, 0.1) is 0 Å². The second kappa shape index (κ2) is 9.18. The third kappa shape index (κ3) is 9.76. The predicted molar refractivity (Wildman–Crippen MR) is 69.9 cm³/mol. The first-order valence-electron chi connectivity index (χ1n) is 6.88. The molecule has 0 rings (SSSR count). The third-order valence-electron chi connectivity index (χ3n) is 3.05. The van der Waals surface area contributed by atoms with E-state index in [2.05, 4.69) is 5.32 Å². The summed E-state index contributed by atoms with van der Waals surface area (Å²) in [7, 11) is 0. The molecule has 1 amide bonds. The largest absolute Gasteiger partial charge is 0.389 e. The molecule has 114 valence electrons. The van der Waals surface area contributed by atoms with E-state index in [-0.39, 0.29) is 18.4 Å². The number of hydrogen-bond acceptors (Lipinski definition) is 2. The number of amides is 1. The summed E-state index contributed by atoms with van der Waals surface area (Å²) in [6.07, 6.45) is -3.82. The minimum atomic E-state index is -4.07. The van der Waals surface area contributed by atoms with Crippen LogP contribution in [0, 0.1) is 0 Å². The quantitative estimate of drug-likeness (QED) is 0.705. The number of nitrogens with zero attached hydrogens (tertiary/aromatic N) is 1. The molecule has 0 fully saturated rings. The summed E-state index contributed by atoms with van der Waals surface area (Å²) < 4.78 is 35.9. The van der Waals surface area contributed by atoms with E-state index >= 15 is 0 Å². The Bertz CT molecular complexity index is 253. The Balaban J connectivity index is 3.68. The summed E-state index contributed by atoms with van der Waals surface area (Å²) in [4.78, 5) is 13.4. The average molecular weight is 282 g/mol. The summed E-state index contributed by atoms with van der Waals surface area (Å²) in [5.74, 6) is 0.0833. The monoisotopic (exact) mass is 282 g/mol. The lowest BCUT2D eigenvalue weighted by Crippen LogP contribution is -2.35. The van der Waals surface area contributed by atoms with E-state index in [1.54, 1.807) is 4.90 Å². The van der Waals surface area contributed by atoms with Crippen LogP contribution in [0.5, 0.6) is 0 Å². The maximum atomic E-state index is 12.0. The lowest BCUT2D eigenvalue weighted by molar-refractivity contribution is -0.135. The first kappa shape index (κ1) is 18.2. The van der Waals surface area contributed by atoms with Crippen molar-refractivity contribution in [3.63, 3.8) is 0 Å². The molecule has 0 aliphatic heterocycles. The van der Waals surface area contributed by atoms with Crippen LogP contribution in [0.15, 0.2) is 0 Å². The number of carbonyl (C=O) groups is 1. The van der Waals surface area contributed by atoms with Gasteiger partial charge in [-0.15, -0.1) is 0 Å². The summed E-state index contributed by atoms with van der Waals surface area (Å²) in [6.45, 7) is 7.59. The standard InChI is InChI=1S/C13H25F3N2O/c1-4-18(5-2)12(19)8-10-17-11(3)7-6-9-13(14,15)16/h11,17H,4-10H2,1-3H3. The van der Waals surface area contributed by atoms with Crippen molar-refractivity contribution in [2.24, 2.45) is 0 Å². The number of rotatable bonds is 9. The number of carbonyl (C=O) groups excluding carboxylic acids is 1. The molecule has 0 aromatic heterocycles. The maximum absolute atomic E-state index is 12.0. The summed E-state index contributed by atoms with van der Waals surface area (Å²) in [5, 5.41) is 3.09. The number of halogens is 3. The SMILES string of the molecule is CCN(CC)C(=O)CCNC(C)CCCC(F)(F)F. The summed E-state index contributed by atoms with van der Waals surface area (Å²) >= 11 is 0. The molecule has 1 N–H and O–H groups in total. The molecule has 0 saturated carbocycles. The molecule has 0 bridgehead atoms. The van der Waals surface area contributed by atoms with Crippen LogP contribution >= 0.6 is 0 Å². The molecule has 0 radical (unpaired) electrons. The normalized spacial score (nSPS) is 13.4. The van der Waals surface area contributed by atoms with Crippen molar-refractivity contribution in [3.05, 3.63) is 0 Å². The first-order valence-corrected chi connectivity index (χ1v) is 6.88. The minimum absolute atomic E-state index is 0.00635. The van der Waals surface area contributed by atoms with Crippen molar-refractivity contribution in [1.82, 2.24) is 10.2 Å². The van der Waals surface area contributed by atoms with Crippen LogP contribution in [-0.2, 0) is 4.79 Å². The Kier molecular flexibility index (Phi) is 8.80. The first-order chi connectivity index (χ1) is 8.80. The molecule has 3 nitrogen and oxygen atoms in total. The smallest absolute Gasteiger partial charge is 0.343 e. The Morgan fingerprint density at radius 3 is 2.32 bits per heavy atom. The van der Waals surface area contributed by atoms with Gasteiger partial charge >= 0.3 is 6.18 Å². The third-order valence-corrected chi connectivity index (χ3v) is 3.05. The van der Waals surface area contributed by atoms with Crippen LogP contribution < -0.4 is 5.32 Å². The highest BCUT2D eigenvalue weighted by molar-refractivity contribution is 5.76. The second-order valence-electron chi connectivity index (χ2n) is 4.68. The van der Waals surface area contributed by atoms with Gasteiger partial charge < -0.3 is 10.2 Å². The molecular weight excluding hydrogens is 257 g/mol. The fraction of sp³-hybridized carbons (Fsp3) is 0.923. The molecular formula is C13H25F3N2O. The number of nitrogens with one attached hydrogen (secondary N) is 1. The van der Waals surface area contributed by atoms with Gasteiger partial charge in [-0.05, 0) is 33.6 Å². The molecule has 1 atom stereocenters. The van der Waals surface area contributed by atoms with Gasteiger partial charge in [-0.25, -0.2) is 0 Å². The van der Waals surface area contributed by atoms with Crippen molar-refractivity contribution < 1.29 is 18.0 Å². The fourth-order valence-corrected chi connectivity index (χ4v) is 1.87. The molecule has 0 aromatic carbocycles. The Hall–Kier alpha value is -0.780. The molecule has 0 spiro atoms. The highest BCUT2D eigenvalue weighted by Gasteiger charge is 2.26. The van der Waals surface area contributed by atoms with Crippen LogP contribution in [0.3, 0.4) is 0 Å². The molecule has 0 aliphatic rings. The van der Waals surface area contributed by atoms with Crippen molar-refractivity contribution >= 4 is 5.91 Å². The molecule has 19 heavy (non-hydrogen) atoms. The average Bonchev–Trinajstić information content (AvgIpc) is 2.28. The van der Waals surface area contributed by atoms with Crippen LogP contribution in [0.2, 0.25) is 0 Å². The number of alkyl halides is 3. The van der Waals surface area contributed by atoms with Crippen LogP contribution in [0.25, 0.3) is 0 Å². The van der Waals surface area contributed by atoms with Crippen molar-refractivity contribution in [1.29, 1.82) is 0 Å². The van der Waals surface area contributed by atoms with Gasteiger partial charge in [0.25, 0.3) is 0 Å². The lowest BCUT2D eigenvalue weighted by Gasteiger charge is -2.19. The van der Waals surface area contributed by atoms with Gasteiger partial charge in [-0.3, -0.25) is 4.79 Å². The van der Waals surface area contributed by atoms with E-state index in [1.807, 2.05) is 20.8 Å². The number of hydrogen-bond donors (Lipinski definition) is 1. The van der Waals surface area contributed by atoms with Gasteiger partial charge in [0.15, 0.2) is 0 Å². The van der Waals surface area contributed by atoms with Gasteiger partial charge in [-0.1, -0.05) is 0 Å². The van der Waals surface area contributed by atoms with Gasteiger partial charge in [-0.2, -0.15) is 13.2 Å². The zero-order valence-corrected chi connectivity index (χ0v) is 12.0. The topological polar surface area (TPSA) is 32.3 Å². The minimum Gasteiger partial charge on any atom is -0.343 e. The molecule has 0 aromatic rings. The van der Waals surface area contributed by atoms with Crippen LogP contribution in [0.1, 0.15) is 46.5 Å². The molecule has 1 unspecified atom stereocenters. The molecule has 6 heteroatoms. The van der Waals surface area contributed by atoms with E-state index in [0.29, 0.717) is 32.5 Å². The van der Waals surface area contributed by atoms with E-state index in [4.69, 9.17) is 0 Å². The fourth-order valence-electron chi connectivity index (χ4n) is 1.87. The predicted octanol–water partition coefficient (Wildman–Crippen LogP) is 2.96. The Labute approximate surface area is 113 Å². The maximum Gasteiger partial charge on any atom is 0.389 e. The molecule has 0 saturated heterocycles. The van der Waals surface area contributed by atoms with Gasteiger partial charge in [0, 0.05) is 38.5 Å². The molecule has 0 aliphatic carbocycles. The van der Waals surface area contributed by atoms with E-state index in [1.165, 1.54) is 0 Å². The summed E-state index contributed by atoms with van der Waals surface area (Å²) in [6, 6.07) is 0.00635. The van der Waals surface area contributed by atoms with E-state index in [9.17, 15) is 18.0 Å². The van der Waals surface area contributed by atoms with Crippen molar-refractivity contribution in [2.45, 2.75) is 58.7 Å². The second-order valence-corrected chi connectivity index (χ2v) is 4.68. The van der Waals surface area contributed by atoms with Gasteiger partial charge in [0.2, 0.25) is 5.91 Å². The van der Waals surface area contributed by atoms with E-state index in [0.717, 1.165) is 0 Å². The highest BCUT2D eigenvalue weighted by Crippen LogP contribution is 2.22. The lowest BCUT2D eigenvalue weighted by atomic mass is 10.1. The summed E-state index contributed by atoms with van der Waals surface area (Å²) in [5.41, 5.74) is 0. The van der Waals surface area contributed by atoms with Crippen LogP contribution in [0.4, 0.5) is 13.2 Å².